The first-order valence-corrected chi connectivity index (χ1v) is 7.55. The molecule has 0 spiro atoms. The molecule has 3 aromatic rings. The number of rotatable bonds is 6. The summed E-state index contributed by atoms with van der Waals surface area (Å²) in [6.07, 6.45) is 1.57. The van der Waals surface area contributed by atoms with E-state index in [0.29, 0.717) is 23.3 Å². The van der Waals surface area contributed by atoms with Crippen LogP contribution in [0, 0.1) is 0 Å². The summed E-state index contributed by atoms with van der Waals surface area (Å²) in [5.74, 6) is -0.484. The van der Waals surface area contributed by atoms with Crippen LogP contribution in [0.1, 0.15) is 10.6 Å². The Kier molecular flexibility index (Phi) is 4.48. The van der Waals surface area contributed by atoms with Gasteiger partial charge in [0.15, 0.2) is 0 Å². The number of likely N-dealkylation sites (N-methyl/N-ethyl adjacent to an activating group) is 1. The Labute approximate surface area is 139 Å². The summed E-state index contributed by atoms with van der Waals surface area (Å²) < 4.78 is 11.0. The summed E-state index contributed by atoms with van der Waals surface area (Å²) in [5.41, 5.74) is 1.60. The van der Waals surface area contributed by atoms with Crippen LogP contribution >= 0.6 is 0 Å². The zero-order valence-electron chi connectivity index (χ0n) is 13.5. The molecule has 6 heteroatoms. The molecule has 6 nitrogen and oxygen atoms in total. The van der Waals surface area contributed by atoms with Gasteiger partial charge in [-0.1, -0.05) is 12.1 Å². The summed E-state index contributed by atoms with van der Waals surface area (Å²) in [5, 5.41) is 10.1. The largest absolute Gasteiger partial charge is 0.492 e. The van der Waals surface area contributed by atoms with Gasteiger partial charge in [0.25, 0.3) is 0 Å². The number of fused-ring (bicyclic) bond motifs is 1. The predicted molar refractivity (Wildman–Crippen MR) is 90.5 cm³/mol. The minimum Gasteiger partial charge on any atom is -0.492 e. The Morgan fingerprint density at radius 1 is 1.25 bits per heavy atom. The molecule has 2 aromatic heterocycles. The summed E-state index contributed by atoms with van der Waals surface area (Å²) in [7, 11) is 3.97. The molecule has 0 atom stereocenters. The second-order valence-corrected chi connectivity index (χ2v) is 5.64. The van der Waals surface area contributed by atoms with Crippen molar-refractivity contribution in [3.05, 3.63) is 48.4 Å². The third-order valence-corrected chi connectivity index (χ3v) is 3.61. The van der Waals surface area contributed by atoms with Gasteiger partial charge in [-0.25, -0.2) is 9.78 Å². The highest BCUT2D eigenvalue weighted by Gasteiger charge is 2.21. The number of aromatic nitrogens is 1. The minimum atomic E-state index is -1.12. The number of hydrogen-bond acceptors (Lipinski definition) is 5. The predicted octanol–water partition coefficient (Wildman–Crippen LogP) is 3.13. The lowest BCUT2D eigenvalue weighted by molar-refractivity contribution is 0.0665. The maximum Gasteiger partial charge on any atom is 0.372 e. The van der Waals surface area contributed by atoms with Gasteiger partial charge in [0, 0.05) is 23.7 Å². The number of benzene rings is 1. The van der Waals surface area contributed by atoms with Crippen molar-refractivity contribution >= 4 is 17.1 Å². The van der Waals surface area contributed by atoms with Crippen LogP contribution in [-0.4, -0.2) is 48.2 Å². The number of nitrogens with zero attached hydrogens (tertiary/aromatic N) is 2. The number of carboxylic acid groups (broad SMARTS) is 1. The molecule has 2 heterocycles. The fourth-order valence-corrected chi connectivity index (χ4v) is 2.43. The molecule has 24 heavy (non-hydrogen) atoms. The van der Waals surface area contributed by atoms with Crippen molar-refractivity contribution in [3.8, 4) is 16.9 Å². The molecule has 1 N–H and O–H groups in total. The highest BCUT2D eigenvalue weighted by molar-refractivity contribution is 6.04. The number of carboxylic acids is 1. The molecule has 0 aliphatic carbocycles. The van der Waals surface area contributed by atoms with Crippen LogP contribution in [0.3, 0.4) is 0 Å². The zero-order chi connectivity index (χ0) is 17.1. The molecule has 0 saturated heterocycles. The van der Waals surface area contributed by atoms with E-state index in [2.05, 4.69) is 4.98 Å². The number of pyridine rings is 1. The highest BCUT2D eigenvalue weighted by Crippen LogP contribution is 2.34. The fourth-order valence-electron chi connectivity index (χ4n) is 2.43. The molecule has 124 valence electrons. The maximum absolute atomic E-state index is 11.5. The van der Waals surface area contributed by atoms with E-state index < -0.39 is 5.97 Å². The molecular weight excluding hydrogens is 308 g/mol. The Hall–Kier alpha value is -2.86. The third-order valence-electron chi connectivity index (χ3n) is 3.61. The first-order chi connectivity index (χ1) is 11.6. The van der Waals surface area contributed by atoms with E-state index in [0.717, 1.165) is 17.9 Å². The normalized spacial score (nSPS) is 11.1. The first kappa shape index (κ1) is 16.0. The number of ether oxygens (including phenoxy) is 1. The second kappa shape index (κ2) is 6.72. The molecule has 0 aliphatic heterocycles. The van der Waals surface area contributed by atoms with Crippen molar-refractivity contribution in [2.75, 3.05) is 27.2 Å². The lowest BCUT2D eigenvalue weighted by Gasteiger charge is -2.11. The lowest BCUT2D eigenvalue weighted by atomic mass is 10.0. The van der Waals surface area contributed by atoms with Gasteiger partial charge in [-0.15, -0.1) is 0 Å². The van der Waals surface area contributed by atoms with E-state index in [9.17, 15) is 9.90 Å². The van der Waals surface area contributed by atoms with Crippen LogP contribution < -0.4 is 4.74 Å². The average molecular weight is 326 g/mol. The van der Waals surface area contributed by atoms with Crippen molar-refractivity contribution in [2.24, 2.45) is 0 Å². The van der Waals surface area contributed by atoms with Crippen LogP contribution in [-0.2, 0) is 0 Å². The molecule has 0 bridgehead atoms. The SMILES string of the molecule is CN(C)CCOc1ccc(-c2c(C(=O)O)oc3ncccc23)cc1. The second-order valence-electron chi connectivity index (χ2n) is 5.64. The molecule has 1 aromatic carbocycles. The topological polar surface area (TPSA) is 75.8 Å². The van der Waals surface area contributed by atoms with Crippen molar-refractivity contribution in [3.63, 3.8) is 0 Å². The molecule has 0 aliphatic rings. The molecule has 0 radical (unpaired) electrons. The quantitative estimate of drug-likeness (QED) is 0.750. The number of furan rings is 1. The standard InChI is InChI=1S/C18H18N2O4/c1-20(2)10-11-23-13-7-5-12(6-8-13)15-14-4-3-9-19-17(14)24-16(15)18(21)22/h3-9H,10-11H2,1-2H3,(H,21,22). The first-order valence-electron chi connectivity index (χ1n) is 7.55. The van der Waals surface area contributed by atoms with Gasteiger partial charge in [-0.2, -0.15) is 0 Å². The molecule has 0 saturated carbocycles. The van der Waals surface area contributed by atoms with E-state index in [1.165, 1.54) is 0 Å². The number of carbonyl (C=O) groups is 1. The summed E-state index contributed by atoms with van der Waals surface area (Å²) in [4.78, 5) is 17.6. The Morgan fingerprint density at radius 2 is 2.00 bits per heavy atom. The Balaban J connectivity index is 1.93. The van der Waals surface area contributed by atoms with Gasteiger partial charge in [0.1, 0.15) is 12.4 Å². The van der Waals surface area contributed by atoms with Gasteiger partial charge in [-0.05, 0) is 43.9 Å². The Morgan fingerprint density at radius 3 is 2.67 bits per heavy atom. The van der Waals surface area contributed by atoms with Gasteiger partial charge in [-0.3, -0.25) is 0 Å². The van der Waals surface area contributed by atoms with Gasteiger partial charge in [0.05, 0.1) is 0 Å². The van der Waals surface area contributed by atoms with Gasteiger partial charge < -0.3 is 19.2 Å². The van der Waals surface area contributed by atoms with Crippen LogP contribution in [0.2, 0.25) is 0 Å². The molecule has 3 rings (SSSR count). The van der Waals surface area contributed by atoms with E-state index in [-0.39, 0.29) is 5.76 Å². The minimum absolute atomic E-state index is 0.107. The number of hydrogen-bond donors (Lipinski definition) is 1. The number of aromatic carboxylic acids is 1. The van der Waals surface area contributed by atoms with Gasteiger partial charge >= 0.3 is 5.97 Å². The van der Waals surface area contributed by atoms with E-state index in [4.69, 9.17) is 9.15 Å². The Bertz CT molecular complexity index is 853. The monoisotopic (exact) mass is 326 g/mol. The summed E-state index contributed by atoms with van der Waals surface area (Å²) in [6, 6.07) is 10.9. The van der Waals surface area contributed by atoms with Crippen LogP contribution in [0.15, 0.2) is 47.0 Å². The van der Waals surface area contributed by atoms with Crippen molar-refractivity contribution < 1.29 is 19.1 Å². The molecule has 0 fully saturated rings. The van der Waals surface area contributed by atoms with Crippen molar-refractivity contribution in [2.45, 2.75) is 0 Å². The molecule has 0 amide bonds. The van der Waals surface area contributed by atoms with Gasteiger partial charge in [0.2, 0.25) is 11.5 Å². The molecular formula is C18H18N2O4. The van der Waals surface area contributed by atoms with Crippen molar-refractivity contribution in [1.29, 1.82) is 0 Å². The van der Waals surface area contributed by atoms with E-state index in [1.54, 1.807) is 18.3 Å². The molecule has 0 unspecified atom stereocenters. The van der Waals surface area contributed by atoms with E-state index >= 15 is 0 Å². The highest BCUT2D eigenvalue weighted by atomic mass is 16.5. The zero-order valence-corrected chi connectivity index (χ0v) is 13.5. The smallest absolute Gasteiger partial charge is 0.372 e. The summed E-state index contributed by atoms with van der Waals surface area (Å²) in [6.45, 7) is 1.41. The summed E-state index contributed by atoms with van der Waals surface area (Å²) >= 11 is 0. The fraction of sp³-hybridized carbons (Fsp3) is 0.222. The van der Waals surface area contributed by atoms with Crippen LogP contribution in [0.4, 0.5) is 0 Å². The van der Waals surface area contributed by atoms with Crippen molar-refractivity contribution in [1.82, 2.24) is 9.88 Å². The van der Waals surface area contributed by atoms with Crippen LogP contribution in [0.5, 0.6) is 5.75 Å². The van der Waals surface area contributed by atoms with E-state index in [1.807, 2.05) is 43.3 Å². The third kappa shape index (κ3) is 3.23. The van der Waals surface area contributed by atoms with Crippen LogP contribution in [0.25, 0.3) is 22.2 Å². The lowest BCUT2D eigenvalue weighted by Crippen LogP contribution is -2.19. The average Bonchev–Trinajstić information content (AvgIpc) is 2.95. The maximum atomic E-state index is 11.5.